The van der Waals surface area contributed by atoms with Crippen molar-refractivity contribution in [3.8, 4) is 0 Å². The number of hydrogen-bond acceptors (Lipinski definition) is 5. The third-order valence-corrected chi connectivity index (χ3v) is 5.15. The lowest BCUT2D eigenvalue weighted by atomic mass is 9.95. The molecule has 0 saturated heterocycles. The van der Waals surface area contributed by atoms with Crippen LogP contribution < -0.4 is 5.32 Å². The Morgan fingerprint density at radius 3 is 2.85 bits per heavy atom. The molecule has 2 aliphatic rings. The maximum absolute atomic E-state index is 12.0. The molecule has 2 fully saturated rings. The van der Waals surface area contributed by atoms with E-state index >= 15 is 0 Å². The summed E-state index contributed by atoms with van der Waals surface area (Å²) in [6.45, 7) is 4.01. The average molecular weight is 295 g/mol. The molecule has 5 nitrogen and oxygen atoms in total. The molecule has 6 heteroatoms. The molecule has 0 spiro atoms. The highest BCUT2D eigenvalue weighted by Gasteiger charge is 2.39. The first-order valence-corrected chi connectivity index (χ1v) is 8.36. The van der Waals surface area contributed by atoms with Gasteiger partial charge < -0.3 is 9.73 Å². The summed E-state index contributed by atoms with van der Waals surface area (Å²) in [5, 5.41) is 11.5. The van der Waals surface area contributed by atoms with E-state index in [-0.39, 0.29) is 11.8 Å². The first-order chi connectivity index (χ1) is 9.61. The van der Waals surface area contributed by atoms with E-state index in [9.17, 15) is 4.79 Å². The van der Waals surface area contributed by atoms with Gasteiger partial charge in [0.05, 0.1) is 5.75 Å². The molecule has 0 radical (unpaired) electrons. The van der Waals surface area contributed by atoms with E-state index in [1.54, 1.807) is 0 Å². The van der Waals surface area contributed by atoms with Crippen molar-refractivity contribution in [3.63, 3.8) is 0 Å². The lowest BCUT2D eigenvalue weighted by Crippen LogP contribution is -2.39. The number of carbonyl (C=O) groups excluding carboxylic acids is 1. The Balaban J connectivity index is 1.44. The van der Waals surface area contributed by atoms with Crippen LogP contribution in [0.1, 0.15) is 51.3 Å². The minimum atomic E-state index is 0.0804. The Morgan fingerprint density at radius 2 is 2.25 bits per heavy atom. The second kappa shape index (κ2) is 5.76. The summed E-state index contributed by atoms with van der Waals surface area (Å²) in [6.07, 6.45) is 5.11. The van der Waals surface area contributed by atoms with E-state index in [0.717, 1.165) is 5.92 Å². The maximum Gasteiger partial charge on any atom is 0.277 e. The van der Waals surface area contributed by atoms with Gasteiger partial charge in [0.2, 0.25) is 11.8 Å². The number of thioether (sulfide) groups is 1. The third-order valence-electron chi connectivity index (χ3n) is 4.33. The van der Waals surface area contributed by atoms with Gasteiger partial charge in [0.15, 0.2) is 0 Å². The van der Waals surface area contributed by atoms with Crippen LogP contribution in [-0.4, -0.2) is 27.9 Å². The highest BCUT2D eigenvalue weighted by molar-refractivity contribution is 7.99. The summed E-state index contributed by atoms with van der Waals surface area (Å²) in [5.41, 5.74) is 0. The first-order valence-electron chi connectivity index (χ1n) is 7.37. The van der Waals surface area contributed by atoms with Gasteiger partial charge in [0.1, 0.15) is 0 Å². The largest absolute Gasteiger partial charge is 0.416 e. The molecule has 20 heavy (non-hydrogen) atoms. The van der Waals surface area contributed by atoms with Gasteiger partial charge in [0, 0.05) is 12.0 Å². The number of rotatable bonds is 5. The molecule has 1 aromatic heterocycles. The zero-order chi connectivity index (χ0) is 14.1. The zero-order valence-electron chi connectivity index (χ0n) is 12.0. The number of nitrogens with zero attached hydrogens (tertiary/aromatic N) is 2. The Labute approximate surface area is 123 Å². The minimum Gasteiger partial charge on any atom is -0.416 e. The summed E-state index contributed by atoms with van der Waals surface area (Å²) >= 11 is 1.32. The number of amides is 1. The van der Waals surface area contributed by atoms with Crippen molar-refractivity contribution in [2.24, 2.45) is 11.8 Å². The van der Waals surface area contributed by atoms with Crippen molar-refractivity contribution < 1.29 is 9.21 Å². The molecule has 2 bridgehead atoms. The van der Waals surface area contributed by atoms with Crippen LogP contribution in [0.5, 0.6) is 0 Å². The predicted molar refractivity (Wildman–Crippen MR) is 76.5 cm³/mol. The summed E-state index contributed by atoms with van der Waals surface area (Å²) in [6, 6.07) is 0.399. The van der Waals surface area contributed by atoms with Gasteiger partial charge in [0.25, 0.3) is 5.22 Å². The Morgan fingerprint density at radius 1 is 1.40 bits per heavy atom. The van der Waals surface area contributed by atoms with Crippen molar-refractivity contribution in [2.45, 2.75) is 56.7 Å². The molecule has 110 valence electrons. The van der Waals surface area contributed by atoms with Gasteiger partial charge in [-0.15, -0.1) is 10.2 Å². The second-order valence-corrected chi connectivity index (χ2v) is 7.13. The minimum absolute atomic E-state index is 0.0804. The number of hydrogen-bond donors (Lipinski definition) is 1. The molecule has 1 N–H and O–H groups in total. The van der Waals surface area contributed by atoms with E-state index in [2.05, 4.69) is 15.5 Å². The predicted octanol–water partition coefficient (Wildman–Crippen LogP) is 2.59. The van der Waals surface area contributed by atoms with Crippen molar-refractivity contribution in [2.75, 3.05) is 5.75 Å². The summed E-state index contributed by atoms with van der Waals surface area (Å²) in [5.74, 6) is 2.85. The smallest absolute Gasteiger partial charge is 0.277 e. The zero-order valence-corrected chi connectivity index (χ0v) is 12.8. The lowest BCUT2D eigenvalue weighted by molar-refractivity contribution is -0.119. The van der Waals surface area contributed by atoms with Gasteiger partial charge in [-0.05, 0) is 31.1 Å². The van der Waals surface area contributed by atoms with E-state index < -0.39 is 0 Å². The molecular weight excluding hydrogens is 274 g/mol. The standard InChI is InChI=1S/C14H21N3O2S/c1-8(2)13-16-17-14(19-13)20-7-12(18)15-11-6-9-3-4-10(11)5-9/h8-11H,3-7H2,1-2H3,(H,15,18)/t9-,10+,11+/m0/s1. The van der Waals surface area contributed by atoms with Crippen LogP contribution >= 0.6 is 11.8 Å². The monoisotopic (exact) mass is 295 g/mol. The average Bonchev–Trinajstić information content (AvgIpc) is 3.12. The number of nitrogens with one attached hydrogen (secondary N) is 1. The molecule has 2 saturated carbocycles. The molecule has 1 aromatic rings. The molecule has 0 aromatic carbocycles. The fraction of sp³-hybridized carbons (Fsp3) is 0.786. The van der Waals surface area contributed by atoms with Gasteiger partial charge in [-0.3, -0.25) is 4.79 Å². The molecule has 2 aliphatic carbocycles. The van der Waals surface area contributed by atoms with Crippen LogP contribution in [0, 0.1) is 11.8 Å². The molecule has 0 unspecified atom stereocenters. The van der Waals surface area contributed by atoms with Crippen molar-refractivity contribution in [1.29, 1.82) is 0 Å². The number of aromatic nitrogens is 2. The van der Waals surface area contributed by atoms with Crippen LogP contribution in [0.3, 0.4) is 0 Å². The SMILES string of the molecule is CC(C)c1nnc(SCC(=O)N[C@@H]2C[C@H]3CC[C@@H]2C3)o1. The molecular formula is C14H21N3O2S. The van der Waals surface area contributed by atoms with Crippen molar-refractivity contribution in [1.82, 2.24) is 15.5 Å². The number of fused-ring (bicyclic) bond motifs is 2. The highest BCUT2D eigenvalue weighted by Crippen LogP contribution is 2.44. The van der Waals surface area contributed by atoms with Gasteiger partial charge in [-0.1, -0.05) is 32.0 Å². The van der Waals surface area contributed by atoms with Crippen molar-refractivity contribution in [3.05, 3.63) is 5.89 Å². The molecule has 3 rings (SSSR count). The Kier molecular flexibility index (Phi) is 4.01. The Hall–Kier alpha value is -1.04. The molecule has 3 atom stereocenters. The highest BCUT2D eigenvalue weighted by atomic mass is 32.2. The second-order valence-electron chi connectivity index (χ2n) is 6.20. The summed E-state index contributed by atoms with van der Waals surface area (Å²) in [4.78, 5) is 12.0. The normalized spacial score (nSPS) is 28.2. The molecule has 0 aliphatic heterocycles. The van der Waals surface area contributed by atoms with Crippen LogP contribution in [0.4, 0.5) is 0 Å². The summed E-state index contributed by atoms with van der Waals surface area (Å²) < 4.78 is 5.48. The van der Waals surface area contributed by atoms with E-state index in [1.807, 2.05) is 13.8 Å². The molecule has 1 amide bonds. The lowest BCUT2D eigenvalue weighted by Gasteiger charge is -2.22. The van der Waals surface area contributed by atoms with Crippen LogP contribution in [0.15, 0.2) is 9.64 Å². The van der Waals surface area contributed by atoms with Crippen LogP contribution in [0.2, 0.25) is 0 Å². The van der Waals surface area contributed by atoms with Crippen LogP contribution in [0.25, 0.3) is 0 Å². The van der Waals surface area contributed by atoms with Gasteiger partial charge in [-0.2, -0.15) is 0 Å². The fourth-order valence-corrected chi connectivity index (χ4v) is 3.89. The van der Waals surface area contributed by atoms with Gasteiger partial charge >= 0.3 is 0 Å². The first kappa shape index (κ1) is 13.9. The third kappa shape index (κ3) is 3.00. The maximum atomic E-state index is 12.0. The quantitative estimate of drug-likeness (QED) is 0.846. The topological polar surface area (TPSA) is 68.0 Å². The Bertz CT molecular complexity index is 489. The van der Waals surface area contributed by atoms with Crippen molar-refractivity contribution >= 4 is 17.7 Å². The van der Waals surface area contributed by atoms with E-state index in [4.69, 9.17) is 4.42 Å². The fourth-order valence-electron chi connectivity index (χ4n) is 3.31. The summed E-state index contributed by atoms with van der Waals surface area (Å²) in [7, 11) is 0. The number of carbonyl (C=O) groups is 1. The van der Waals surface area contributed by atoms with Crippen LogP contribution in [-0.2, 0) is 4.79 Å². The van der Waals surface area contributed by atoms with E-state index in [0.29, 0.717) is 28.8 Å². The van der Waals surface area contributed by atoms with Gasteiger partial charge in [-0.25, -0.2) is 0 Å². The van der Waals surface area contributed by atoms with E-state index in [1.165, 1.54) is 37.4 Å². The molecule has 1 heterocycles.